The van der Waals surface area contributed by atoms with Crippen molar-refractivity contribution in [2.75, 3.05) is 20.2 Å². The monoisotopic (exact) mass is 464 g/mol. The third-order valence-corrected chi connectivity index (χ3v) is 8.74. The summed E-state index contributed by atoms with van der Waals surface area (Å²) in [6, 6.07) is 7.06. The van der Waals surface area contributed by atoms with E-state index in [4.69, 9.17) is 4.74 Å². The summed E-state index contributed by atoms with van der Waals surface area (Å²) in [5.41, 5.74) is 0.0878. The van der Waals surface area contributed by atoms with E-state index in [2.05, 4.69) is 26.1 Å². The Morgan fingerprint density at radius 1 is 1.03 bits per heavy atom. The van der Waals surface area contributed by atoms with Gasteiger partial charge in [-0.1, -0.05) is 52.2 Å². The molecule has 1 amide bonds. The molecule has 1 aliphatic carbocycles. The quantitative estimate of drug-likeness (QED) is 0.675. The first-order valence-corrected chi connectivity index (χ1v) is 12.9. The molecular weight excluding hydrogens is 428 g/mol. The number of carbonyl (C=O) groups excluding carboxylic acids is 2. The molecule has 1 heterocycles. The van der Waals surface area contributed by atoms with E-state index in [1.807, 2.05) is 12.1 Å². The van der Waals surface area contributed by atoms with Crippen molar-refractivity contribution in [3.8, 4) is 0 Å². The van der Waals surface area contributed by atoms with E-state index in [1.54, 1.807) is 12.1 Å². The zero-order valence-electron chi connectivity index (χ0n) is 19.6. The third-order valence-electron chi connectivity index (χ3n) is 6.83. The summed E-state index contributed by atoms with van der Waals surface area (Å²) in [6.07, 6.45) is 4.83. The van der Waals surface area contributed by atoms with Crippen LogP contribution in [0, 0.1) is 5.92 Å². The van der Waals surface area contributed by atoms with Gasteiger partial charge >= 0.3 is 5.97 Å². The third kappa shape index (κ3) is 5.17. The molecule has 3 rings (SSSR count). The maximum Gasteiger partial charge on any atom is 0.331 e. The second kappa shape index (κ2) is 9.51. The predicted molar refractivity (Wildman–Crippen MR) is 123 cm³/mol. The molecular formula is C24H36N2O5S. The van der Waals surface area contributed by atoms with Crippen LogP contribution in [0.2, 0.25) is 0 Å². The van der Waals surface area contributed by atoms with Gasteiger partial charge in [0.2, 0.25) is 15.9 Å². The Kier molecular flexibility index (Phi) is 7.34. The molecule has 1 aromatic rings. The van der Waals surface area contributed by atoms with Gasteiger partial charge in [-0.25, -0.2) is 13.2 Å². The molecule has 1 saturated heterocycles. The van der Waals surface area contributed by atoms with Crippen molar-refractivity contribution in [3.05, 3.63) is 29.8 Å². The van der Waals surface area contributed by atoms with Crippen molar-refractivity contribution in [2.24, 2.45) is 5.92 Å². The normalized spacial score (nSPS) is 20.5. The largest absolute Gasteiger partial charge is 0.467 e. The van der Waals surface area contributed by atoms with Crippen molar-refractivity contribution >= 4 is 21.9 Å². The molecule has 0 aromatic heterocycles. The second-order valence-corrected chi connectivity index (χ2v) is 12.0. The lowest BCUT2D eigenvalue weighted by Gasteiger charge is -2.37. The zero-order valence-corrected chi connectivity index (χ0v) is 20.5. The molecule has 8 heteroatoms. The Balaban J connectivity index is 1.63. The highest BCUT2D eigenvalue weighted by Gasteiger charge is 2.43. The fraction of sp³-hybridized carbons (Fsp3) is 0.667. The fourth-order valence-corrected chi connectivity index (χ4v) is 6.17. The summed E-state index contributed by atoms with van der Waals surface area (Å²) in [6.45, 7) is 6.83. The van der Waals surface area contributed by atoms with E-state index >= 15 is 0 Å². The fourth-order valence-electron chi connectivity index (χ4n) is 4.70. The Morgan fingerprint density at radius 2 is 1.59 bits per heavy atom. The van der Waals surface area contributed by atoms with Crippen molar-refractivity contribution in [3.63, 3.8) is 0 Å². The van der Waals surface area contributed by atoms with E-state index in [1.165, 1.54) is 11.4 Å². The minimum atomic E-state index is -3.60. The number of methoxy groups -OCH3 is 1. The molecule has 1 N–H and O–H groups in total. The first-order valence-electron chi connectivity index (χ1n) is 11.5. The van der Waals surface area contributed by atoms with E-state index in [0.29, 0.717) is 25.7 Å². The number of hydrogen-bond donors (Lipinski definition) is 1. The highest BCUT2D eigenvalue weighted by Crippen LogP contribution is 2.31. The Labute approximate surface area is 191 Å². The molecule has 1 saturated carbocycles. The Morgan fingerprint density at radius 3 is 2.09 bits per heavy atom. The standard InChI is InChI=1S/C24H36N2O5S/c1-23(2,3)19-8-10-20(11-9-19)32(29,30)26-16-12-18(13-17-26)21(27)25-24(22(28)31-4)14-6-5-7-15-24/h8-11,18H,5-7,12-17H2,1-4H3,(H,25,27). The van der Waals surface area contributed by atoms with Crippen LogP contribution in [0.3, 0.4) is 0 Å². The van der Waals surface area contributed by atoms with E-state index in [-0.39, 0.29) is 41.2 Å². The van der Waals surface area contributed by atoms with Crippen molar-refractivity contribution in [1.29, 1.82) is 0 Å². The van der Waals surface area contributed by atoms with Gasteiger partial charge in [0.05, 0.1) is 12.0 Å². The van der Waals surface area contributed by atoms with Crippen LogP contribution in [-0.4, -0.2) is 50.3 Å². The van der Waals surface area contributed by atoms with E-state index < -0.39 is 15.6 Å². The molecule has 178 valence electrons. The number of ether oxygens (including phenoxy) is 1. The second-order valence-electron chi connectivity index (χ2n) is 10.1. The molecule has 0 atom stereocenters. The maximum atomic E-state index is 13.1. The summed E-state index contributed by atoms with van der Waals surface area (Å²) in [4.78, 5) is 25.6. The number of rotatable bonds is 5. The van der Waals surface area contributed by atoms with Crippen LogP contribution in [0.15, 0.2) is 29.2 Å². The first kappa shape index (κ1) is 24.7. The SMILES string of the molecule is COC(=O)C1(NC(=O)C2CCN(S(=O)(=O)c3ccc(C(C)(C)C)cc3)CC2)CCCCC1. The number of esters is 1. The number of carbonyl (C=O) groups is 2. The molecule has 0 radical (unpaired) electrons. The van der Waals surface area contributed by atoms with Gasteiger partial charge in [0.25, 0.3) is 0 Å². The molecule has 2 fully saturated rings. The highest BCUT2D eigenvalue weighted by molar-refractivity contribution is 7.89. The van der Waals surface area contributed by atoms with Crippen molar-refractivity contribution < 1.29 is 22.7 Å². The van der Waals surface area contributed by atoms with Gasteiger partial charge in [-0.2, -0.15) is 4.31 Å². The lowest BCUT2D eigenvalue weighted by Crippen LogP contribution is -2.58. The lowest BCUT2D eigenvalue weighted by molar-refractivity contribution is -0.153. The van der Waals surface area contributed by atoms with Gasteiger partial charge in [-0.05, 0) is 48.8 Å². The summed E-state index contributed by atoms with van der Waals surface area (Å²) in [5, 5.41) is 2.98. The van der Waals surface area contributed by atoms with Gasteiger partial charge in [0.1, 0.15) is 5.54 Å². The molecule has 0 spiro atoms. The molecule has 2 aliphatic rings. The minimum Gasteiger partial charge on any atom is -0.467 e. The number of hydrogen-bond acceptors (Lipinski definition) is 5. The van der Waals surface area contributed by atoms with Crippen LogP contribution in [-0.2, 0) is 29.8 Å². The molecule has 0 bridgehead atoms. The molecule has 7 nitrogen and oxygen atoms in total. The van der Waals surface area contributed by atoms with Crippen molar-refractivity contribution in [2.45, 2.75) is 81.6 Å². The maximum absolute atomic E-state index is 13.1. The minimum absolute atomic E-state index is 0.0477. The number of benzene rings is 1. The summed E-state index contributed by atoms with van der Waals surface area (Å²) < 4.78 is 32.6. The van der Waals surface area contributed by atoms with Gasteiger partial charge in [-0.15, -0.1) is 0 Å². The van der Waals surface area contributed by atoms with Gasteiger partial charge in [-0.3, -0.25) is 4.79 Å². The van der Waals surface area contributed by atoms with Gasteiger partial charge < -0.3 is 10.1 Å². The number of amides is 1. The molecule has 32 heavy (non-hydrogen) atoms. The number of piperidine rings is 1. The Bertz CT molecular complexity index is 920. The number of sulfonamides is 1. The first-order chi connectivity index (χ1) is 15.0. The molecule has 1 aromatic carbocycles. The van der Waals surface area contributed by atoms with Gasteiger partial charge in [0.15, 0.2) is 0 Å². The van der Waals surface area contributed by atoms with E-state index in [0.717, 1.165) is 24.8 Å². The predicted octanol–water partition coefficient (Wildman–Crippen LogP) is 3.38. The van der Waals surface area contributed by atoms with Crippen LogP contribution < -0.4 is 5.32 Å². The number of nitrogens with zero attached hydrogens (tertiary/aromatic N) is 1. The molecule has 0 unspecified atom stereocenters. The van der Waals surface area contributed by atoms with Crippen LogP contribution in [0.5, 0.6) is 0 Å². The smallest absolute Gasteiger partial charge is 0.331 e. The highest BCUT2D eigenvalue weighted by atomic mass is 32.2. The van der Waals surface area contributed by atoms with Crippen LogP contribution in [0.1, 0.15) is 71.3 Å². The summed E-state index contributed by atoms with van der Waals surface area (Å²) in [5.74, 6) is -0.874. The summed E-state index contributed by atoms with van der Waals surface area (Å²) >= 11 is 0. The lowest BCUT2D eigenvalue weighted by atomic mass is 9.81. The molecule has 1 aliphatic heterocycles. The van der Waals surface area contributed by atoms with Crippen LogP contribution >= 0.6 is 0 Å². The van der Waals surface area contributed by atoms with Crippen LogP contribution in [0.4, 0.5) is 0 Å². The topological polar surface area (TPSA) is 92.8 Å². The average molecular weight is 465 g/mol. The summed E-state index contributed by atoms with van der Waals surface area (Å²) in [7, 11) is -2.25. The van der Waals surface area contributed by atoms with E-state index in [9.17, 15) is 18.0 Å². The average Bonchev–Trinajstić information content (AvgIpc) is 2.78. The number of nitrogens with one attached hydrogen (secondary N) is 1. The Hall–Kier alpha value is -1.93. The van der Waals surface area contributed by atoms with Crippen LogP contribution in [0.25, 0.3) is 0 Å². The van der Waals surface area contributed by atoms with Gasteiger partial charge in [0, 0.05) is 19.0 Å². The van der Waals surface area contributed by atoms with Crippen molar-refractivity contribution in [1.82, 2.24) is 9.62 Å². The zero-order chi connectivity index (χ0) is 23.6.